The minimum absolute atomic E-state index is 0.540. The van der Waals surface area contributed by atoms with Gasteiger partial charge in [-0.15, -0.1) is 0 Å². The van der Waals surface area contributed by atoms with Crippen LogP contribution in [0.4, 0.5) is 0 Å². The Balaban J connectivity index is 1.45. The van der Waals surface area contributed by atoms with E-state index in [0.29, 0.717) is 6.61 Å². The van der Waals surface area contributed by atoms with Crippen molar-refractivity contribution in [2.75, 3.05) is 13.1 Å². The fourth-order valence-corrected chi connectivity index (χ4v) is 4.32. The van der Waals surface area contributed by atoms with Crippen LogP contribution < -0.4 is 4.74 Å². The van der Waals surface area contributed by atoms with Gasteiger partial charge in [0.15, 0.2) is 0 Å². The van der Waals surface area contributed by atoms with Gasteiger partial charge in [0.2, 0.25) is 0 Å². The average molecular weight is 356 g/mol. The van der Waals surface area contributed by atoms with Crippen LogP contribution in [-0.4, -0.2) is 24.0 Å². The molecule has 1 saturated heterocycles. The van der Waals surface area contributed by atoms with Gasteiger partial charge in [-0.2, -0.15) is 0 Å². The molecule has 0 spiro atoms. The third kappa shape index (κ3) is 3.56. The van der Waals surface area contributed by atoms with Crippen molar-refractivity contribution in [1.29, 1.82) is 0 Å². The monoisotopic (exact) mass is 355 g/mol. The zero-order valence-electron chi connectivity index (χ0n) is 14.9. The van der Waals surface area contributed by atoms with E-state index in [4.69, 9.17) is 16.3 Å². The fraction of sp³-hybridized carbons (Fsp3) is 0.455. The number of hydrogen-bond donors (Lipinski definition) is 0. The van der Waals surface area contributed by atoms with Crippen LogP contribution in [0, 0.1) is 0 Å². The molecule has 2 aliphatic rings. The first kappa shape index (κ1) is 16.9. The highest BCUT2D eigenvalue weighted by atomic mass is 35.5. The van der Waals surface area contributed by atoms with Crippen molar-refractivity contribution < 1.29 is 4.74 Å². The van der Waals surface area contributed by atoms with Gasteiger partial charge >= 0.3 is 0 Å². The Morgan fingerprint density at radius 3 is 2.80 bits per heavy atom. The molecule has 1 unspecified atom stereocenters. The highest BCUT2D eigenvalue weighted by molar-refractivity contribution is 6.31. The Kier molecular flexibility index (Phi) is 5.00. The van der Waals surface area contributed by atoms with E-state index >= 15 is 0 Å². The summed E-state index contributed by atoms with van der Waals surface area (Å²) in [5.74, 6) is 0.961. The number of fused-ring (bicyclic) bond motifs is 1. The van der Waals surface area contributed by atoms with Crippen molar-refractivity contribution in [1.82, 2.24) is 4.90 Å². The minimum atomic E-state index is 0.540. The molecule has 1 heterocycles. The van der Waals surface area contributed by atoms with Gasteiger partial charge in [0.25, 0.3) is 0 Å². The number of halogens is 1. The number of benzene rings is 2. The molecule has 0 radical (unpaired) electrons. The second-order valence-corrected chi connectivity index (χ2v) is 7.64. The molecule has 0 amide bonds. The SMILES string of the molecule is CCc1cccc(Cl)c1COc1ccc2c(c1)CCC(N1CCC1)C2. The topological polar surface area (TPSA) is 12.5 Å². The van der Waals surface area contributed by atoms with Crippen LogP contribution in [0.1, 0.15) is 42.0 Å². The largest absolute Gasteiger partial charge is 0.489 e. The molecule has 1 atom stereocenters. The van der Waals surface area contributed by atoms with E-state index in [9.17, 15) is 0 Å². The Labute approximate surface area is 155 Å². The Morgan fingerprint density at radius 2 is 2.04 bits per heavy atom. The predicted octanol–water partition coefficient (Wildman–Crippen LogP) is 5.04. The maximum Gasteiger partial charge on any atom is 0.120 e. The molecule has 0 N–H and O–H groups in total. The molecule has 1 aliphatic heterocycles. The van der Waals surface area contributed by atoms with E-state index in [2.05, 4.69) is 36.1 Å². The number of likely N-dealkylation sites (tertiary alicyclic amines) is 1. The number of rotatable bonds is 5. The van der Waals surface area contributed by atoms with Crippen molar-refractivity contribution in [3.8, 4) is 5.75 Å². The second-order valence-electron chi connectivity index (χ2n) is 7.24. The lowest BCUT2D eigenvalue weighted by atomic mass is 9.86. The highest BCUT2D eigenvalue weighted by Crippen LogP contribution is 2.30. The van der Waals surface area contributed by atoms with E-state index in [-0.39, 0.29) is 0 Å². The molecule has 132 valence electrons. The summed E-state index contributed by atoms with van der Waals surface area (Å²) in [4.78, 5) is 2.64. The summed E-state index contributed by atoms with van der Waals surface area (Å²) in [6.45, 7) is 5.28. The maximum absolute atomic E-state index is 6.37. The lowest BCUT2D eigenvalue weighted by molar-refractivity contribution is 0.107. The van der Waals surface area contributed by atoms with Crippen LogP contribution >= 0.6 is 11.6 Å². The summed E-state index contributed by atoms with van der Waals surface area (Å²) in [6, 6.07) is 13.5. The quantitative estimate of drug-likeness (QED) is 0.744. The smallest absolute Gasteiger partial charge is 0.120 e. The van der Waals surface area contributed by atoms with Gasteiger partial charge in [-0.1, -0.05) is 36.7 Å². The first-order valence-electron chi connectivity index (χ1n) is 9.49. The number of ether oxygens (including phenoxy) is 1. The lowest BCUT2D eigenvalue weighted by Crippen LogP contribution is -2.47. The fourth-order valence-electron chi connectivity index (χ4n) is 4.07. The van der Waals surface area contributed by atoms with Crippen LogP contribution in [0.2, 0.25) is 5.02 Å². The van der Waals surface area contributed by atoms with Gasteiger partial charge in [-0.05, 0) is 80.1 Å². The standard InChI is InChI=1S/C22H26ClNO/c1-2-16-5-3-6-22(23)21(16)15-25-20-10-8-17-13-19(24-11-4-12-24)9-7-18(17)14-20/h3,5-6,8,10,14,19H,2,4,7,9,11-13,15H2,1H3. The normalized spacial score (nSPS) is 20.0. The Bertz CT molecular complexity index is 754. The van der Waals surface area contributed by atoms with Crippen molar-refractivity contribution in [2.45, 2.75) is 51.7 Å². The summed E-state index contributed by atoms with van der Waals surface area (Å²) in [5, 5.41) is 0.801. The van der Waals surface area contributed by atoms with Gasteiger partial charge < -0.3 is 4.74 Å². The number of hydrogen-bond acceptors (Lipinski definition) is 2. The number of nitrogens with zero attached hydrogens (tertiary/aromatic N) is 1. The maximum atomic E-state index is 6.37. The van der Waals surface area contributed by atoms with Crippen LogP contribution in [0.3, 0.4) is 0 Å². The summed E-state index contributed by atoms with van der Waals surface area (Å²) in [5.41, 5.74) is 5.34. The summed E-state index contributed by atoms with van der Waals surface area (Å²) < 4.78 is 6.09. The van der Waals surface area contributed by atoms with Crippen LogP contribution in [-0.2, 0) is 25.9 Å². The van der Waals surface area contributed by atoms with Gasteiger partial charge in [0.1, 0.15) is 12.4 Å². The average Bonchev–Trinajstić information content (AvgIpc) is 2.59. The zero-order chi connectivity index (χ0) is 17.2. The first-order chi connectivity index (χ1) is 12.2. The van der Waals surface area contributed by atoms with Gasteiger partial charge in [0, 0.05) is 16.6 Å². The molecule has 1 fully saturated rings. The van der Waals surface area contributed by atoms with Crippen LogP contribution in [0.5, 0.6) is 5.75 Å². The molecule has 25 heavy (non-hydrogen) atoms. The van der Waals surface area contributed by atoms with E-state index in [0.717, 1.165) is 28.8 Å². The predicted molar refractivity (Wildman–Crippen MR) is 104 cm³/mol. The molecule has 4 rings (SSSR count). The Hall–Kier alpha value is -1.51. The second kappa shape index (κ2) is 7.39. The van der Waals surface area contributed by atoms with E-state index in [1.807, 2.05) is 12.1 Å². The zero-order valence-corrected chi connectivity index (χ0v) is 15.7. The molecular weight excluding hydrogens is 330 g/mol. The molecule has 0 bridgehead atoms. The molecule has 2 nitrogen and oxygen atoms in total. The summed E-state index contributed by atoms with van der Waals surface area (Å²) in [6.07, 6.45) is 5.99. The van der Waals surface area contributed by atoms with Crippen molar-refractivity contribution in [3.05, 3.63) is 63.7 Å². The van der Waals surface area contributed by atoms with E-state index in [1.165, 1.54) is 55.5 Å². The minimum Gasteiger partial charge on any atom is -0.489 e. The molecule has 2 aromatic rings. The van der Waals surface area contributed by atoms with Crippen molar-refractivity contribution in [3.63, 3.8) is 0 Å². The lowest BCUT2D eigenvalue weighted by Gasteiger charge is -2.40. The van der Waals surface area contributed by atoms with Crippen molar-refractivity contribution in [2.24, 2.45) is 0 Å². The van der Waals surface area contributed by atoms with Gasteiger partial charge in [-0.3, -0.25) is 4.90 Å². The molecule has 0 aromatic heterocycles. The molecule has 3 heteroatoms. The molecule has 1 aliphatic carbocycles. The third-order valence-electron chi connectivity index (χ3n) is 5.77. The molecular formula is C22H26ClNO. The third-order valence-corrected chi connectivity index (χ3v) is 6.12. The van der Waals surface area contributed by atoms with Crippen LogP contribution in [0.15, 0.2) is 36.4 Å². The highest BCUT2D eigenvalue weighted by Gasteiger charge is 2.27. The summed E-state index contributed by atoms with van der Waals surface area (Å²) >= 11 is 6.37. The molecule has 0 saturated carbocycles. The van der Waals surface area contributed by atoms with E-state index < -0.39 is 0 Å². The van der Waals surface area contributed by atoms with E-state index in [1.54, 1.807) is 0 Å². The van der Waals surface area contributed by atoms with Gasteiger partial charge in [-0.25, -0.2) is 0 Å². The van der Waals surface area contributed by atoms with Crippen molar-refractivity contribution >= 4 is 11.6 Å². The number of aryl methyl sites for hydroxylation is 2. The summed E-state index contributed by atoms with van der Waals surface area (Å²) in [7, 11) is 0. The molecule has 2 aromatic carbocycles. The first-order valence-corrected chi connectivity index (χ1v) is 9.87. The Morgan fingerprint density at radius 1 is 1.16 bits per heavy atom. The van der Waals surface area contributed by atoms with Crippen LogP contribution in [0.25, 0.3) is 0 Å². The van der Waals surface area contributed by atoms with Gasteiger partial charge in [0.05, 0.1) is 0 Å².